The Kier molecular flexibility index (Phi) is 2.70. The Bertz CT molecular complexity index is 818. The number of nitrogens with zero attached hydrogens (tertiary/aromatic N) is 4. The highest BCUT2D eigenvalue weighted by Crippen LogP contribution is 2.22. The number of fused-ring (bicyclic) bond motifs is 2. The minimum Gasteiger partial charge on any atom is -0.345 e. The van der Waals surface area contributed by atoms with E-state index < -0.39 is 0 Å². The molecule has 0 aliphatic heterocycles. The molecule has 0 radical (unpaired) electrons. The van der Waals surface area contributed by atoms with E-state index in [9.17, 15) is 4.79 Å². The van der Waals surface area contributed by atoms with Crippen LogP contribution in [-0.2, 0) is 19.4 Å². The second kappa shape index (κ2) is 4.69. The van der Waals surface area contributed by atoms with Crippen molar-refractivity contribution in [2.24, 2.45) is 0 Å². The van der Waals surface area contributed by atoms with Gasteiger partial charge in [0.05, 0.1) is 24.6 Å². The third-order valence-corrected chi connectivity index (χ3v) is 3.85. The highest BCUT2D eigenvalue weighted by Gasteiger charge is 2.22. The summed E-state index contributed by atoms with van der Waals surface area (Å²) in [5.41, 5.74) is 4.36. The van der Waals surface area contributed by atoms with Crippen molar-refractivity contribution >= 4 is 11.6 Å². The summed E-state index contributed by atoms with van der Waals surface area (Å²) in [6.07, 6.45) is 9.95. The molecule has 0 bridgehead atoms. The van der Waals surface area contributed by atoms with Crippen molar-refractivity contribution in [1.82, 2.24) is 29.9 Å². The lowest BCUT2D eigenvalue weighted by molar-refractivity contribution is 0.0944. The average molecular weight is 282 g/mol. The summed E-state index contributed by atoms with van der Waals surface area (Å²) in [6, 6.07) is 0. The van der Waals surface area contributed by atoms with Crippen LogP contribution in [0.25, 0.3) is 5.65 Å². The molecule has 21 heavy (non-hydrogen) atoms. The van der Waals surface area contributed by atoms with E-state index in [0.717, 1.165) is 41.9 Å². The number of rotatable bonds is 3. The first kappa shape index (κ1) is 12.1. The van der Waals surface area contributed by atoms with E-state index in [4.69, 9.17) is 0 Å². The van der Waals surface area contributed by atoms with Gasteiger partial charge in [0.25, 0.3) is 5.91 Å². The van der Waals surface area contributed by atoms with Gasteiger partial charge < -0.3 is 5.32 Å². The first-order valence-electron chi connectivity index (χ1n) is 6.93. The highest BCUT2D eigenvalue weighted by molar-refractivity contribution is 5.94. The number of carbonyl (C=O) groups excluding carboxylic acids is 1. The number of aryl methyl sites for hydroxylation is 1. The maximum absolute atomic E-state index is 12.3. The topological polar surface area (TPSA) is 88.0 Å². The van der Waals surface area contributed by atoms with Crippen LogP contribution in [-0.4, -0.2) is 30.5 Å². The Morgan fingerprint density at radius 1 is 1.38 bits per heavy atom. The lowest BCUT2D eigenvalue weighted by Gasteiger charge is -2.04. The van der Waals surface area contributed by atoms with Crippen LogP contribution in [0.3, 0.4) is 0 Å². The van der Waals surface area contributed by atoms with Gasteiger partial charge in [-0.05, 0) is 19.3 Å². The molecule has 1 aliphatic carbocycles. The molecular weight excluding hydrogens is 268 g/mol. The molecule has 2 N–H and O–H groups in total. The van der Waals surface area contributed by atoms with Crippen molar-refractivity contribution in [3.05, 3.63) is 47.4 Å². The molecule has 4 rings (SSSR count). The summed E-state index contributed by atoms with van der Waals surface area (Å²) < 4.78 is 1.91. The first-order chi connectivity index (χ1) is 10.3. The zero-order valence-electron chi connectivity index (χ0n) is 11.3. The van der Waals surface area contributed by atoms with Crippen LogP contribution in [0, 0.1) is 0 Å². The molecule has 1 aliphatic rings. The first-order valence-corrected chi connectivity index (χ1v) is 6.93. The number of hydrogen-bond acceptors (Lipinski definition) is 4. The fourth-order valence-corrected chi connectivity index (χ4v) is 2.79. The van der Waals surface area contributed by atoms with Gasteiger partial charge in [0, 0.05) is 23.7 Å². The van der Waals surface area contributed by atoms with Gasteiger partial charge in [-0.1, -0.05) is 0 Å². The Morgan fingerprint density at radius 3 is 3.29 bits per heavy atom. The van der Waals surface area contributed by atoms with Crippen LogP contribution in [0.2, 0.25) is 0 Å². The van der Waals surface area contributed by atoms with E-state index in [1.165, 1.54) is 0 Å². The summed E-state index contributed by atoms with van der Waals surface area (Å²) in [5, 5.41) is 9.99. The summed E-state index contributed by atoms with van der Waals surface area (Å²) >= 11 is 0. The normalized spacial score (nSPS) is 13.5. The van der Waals surface area contributed by atoms with Gasteiger partial charge in [0.15, 0.2) is 11.3 Å². The van der Waals surface area contributed by atoms with Gasteiger partial charge in [-0.2, -0.15) is 5.10 Å². The minimum atomic E-state index is -0.140. The molecular formula is C14H14N6O. The summed E-state index contributed by atoms with van der Waals surface area (Å²) in [5.74, 6) is -0.140. The van der Waals surface area contributed by atoms with Gasteiger partial charge in [-0.3, -0.25) is 19.3 Å². The number of amides is 1. The predicted octanol–water partition coefficient (Wildman–Crippen LogP) is 0.871. The third kappa shape index (κ3) is 1.97. The molecule has 1 amide bonds. The van der Waals surface area contributed by atoms with Gasteiger partial charge in [0.1, 0.15) is 0 Å². The maximum Gasteiger partial charge on any atom is 0.272 e. The smallest absolute Gasteiger partial charge is 0.272 e. The standard InChI is InChI=1S/C14H14N6O/c21-14(13-10-2-1-3-11(10)18-19-13)17-7-9-6-16-12-8-15-4-5-20(9)12/h4-6,8H,1-3,7H2,(H,17,21)(H,18,19). The molecule has 0 atom stereocenters. The van der Waals surface area contributed by atoms with Crippen LogP contribution in [0.5, 0.6) is 0 Å². The second-order valence-electron chi connectivity index (χ2n) is 5.12. The van der Waals surface area contributed by atoms with Crippen molar-refractivity contribution in [1.29, 1.82) is 0 Å². The molecule has 0 fully saturated rings. The molecule has 7 nitrogen and oxygen atoms in total. The molecule has 0 unspecified atom stereocenters. The fraction of sp³-hybridized carbons (Fsp3) is 0.286. The fourth-order valence-electron chi connectivity index (χ4n) is 2.79. The Hall–Kier alpha value is -2.70. The molecule has 0 spiro atoms. The third-order valence-electron chi connectivity index (χ3n) is 3.85. The molecule has 3 heterocycles. The Labute approximate surface area is 120 Å². The lowest BCUT2D eigenvalue weighted by atomic mass is 10.2. The van der Waals surface area contributed by atoms with E-state index in [0.29, 0.717) is 12.2 Å². The number of imidazole rings is 1. The molecule has 0 saturated heterocycles. The Balaban J connectivity index is 1.52. The van der Waals surface area contributed by atoms with E-state index in [-0.39, 0.29) is 5.91 Å². The minimum absolute atomic E-state index is 0.140. The summed E-state index contributed by atoms with van der Waals surface area (Å²) in [6.45, 7) is 0.408. The maximum atomic E-state index is 12.3. The van der Waals surface area contributed by atoms with Gasteiger partial charge in [-0.25, -0.2) is 4.98 Å². The van der Waals surface area contributed by atoms with Crippen molar-refractivity contribution in [3.8, 4) is 0 Å². The molecule has 0 aromatic carbocycles. The molecule has 0 saturated carbocycles. The van der Waals surface area contributed by atoms with Crippen molar-refractivity contribution in [2.75, 3.05) is 0 Å². The number of carbonyl (C=O) groups is 1. The van der Waals surface area contributed by atoms with E-state index in [2.05, 4.69) is 25.5 Å². The average Bonchev–Trinajstić information content (AvgIpc) is 3.19. The largest absolute Gasteiger partial charge is 0.345 e. The van der Waals surface area contributed by atoms with Crippen molar-refractivity contribution < 1.29 is 4.79 Å². The van der Waals surface area contributed by atoms with Crippen LogP contribution < -0.4 is 5.32 Å². The van der Waals surface area contributed by atoms with E-state index in [1.807, 2.05) is 10.6 Å². The van der Waals surface area contributed by atoms with Crippen LogP contribution in [0.1, 0.15) is 33.9 Å². The number of nitrogens with one attached hydrogen (secondary N) is 2. The monoisotopic (exact) mass is 282 g/mol. The van der Waals surface area contributed by atoms with E-state index in [1.54, 1.807) is 18.6 Å². The van der Waals surface area contributed by atoms with Gasteiger partial charge in [-0.15, -0.1) is 0 Å². The zero-order chi connectivity index (χ0) is 14.2. The second-order valence-corrected chi connectivity index (χ2v) is 5.12. The number of H-pyrrole nitrogens is 1. The van der Waals surface area contributed by atoms with Crippen molar-refractivity contribution in [2.45, 2.75) is 25.8 Å². The molecule has 3 aromatic rings. The van der Waals surface area contributed by atoms with Gasteiger partial charge >= 0.3 is 0 Å². The summed E-state index contributed by atoms with van der Waals surface area (Å²) in [4.78, 5) is 20.5. The molecule has 3 aromatic heterocycles. The van der Waals surface area contributed by atoms with Gasteiger partial charge in [0.2, 0.25) is 0 Å². The number of aromatic amines is 1. The summed E-state index contributed by atoms with van der Waals surface area (Å²) in [7, 11) is 0. The SMILES string of the molecule is O=C(NCc1cnc2cnccn12)c1n[nH]c2c1CCC2. The van der Waals surface area contributed by atoms with Crippen molar-refractivity contribution in [3.63, 3.8) is 0 Å². The number of hydrogen-bond donors (Lipinski definition) is 2. The quantitative estimate of drug-likeness (QED) is 0.746. The highest BCUT2D eigenvalue weighted by atomic mass is 16.1. The lowest BCUT2D eigenvalue weighted by Crippen LogP contribution is -2.24. The van der Waals surface area contributed by atoms with Crippen LogP contribution in [0.4, 0.5) is 0 Å². The molecule has 106 valence electrons. The zero-order valence-corrected chi connectivity index (χ0v) is 11.3. The Morgan fingerprint density at radius 2 is 2.33 bits per heavy atom. The molecule has 7 heteroatoms. The van der Waals surface area contributed by atoms with Crippen LogP contribution in [0.15, 0.2) is 24.8 Å². The van der Waals surface area contributed by atoms with Crippen LogP contribution >= 0.6 is 0 Å². The number of aromatic nitrogens is 5. The predicted molar refractivity (Wildman–Crippen MR) is 74.8 cm³/mol. The van der Waals surface area contributed by atoms with E-state index >= 15 is 0 Å².